The minimum atomic E-state index is -0.328. The van der Waals surface area contributed by atoms with E-state index in [0.29, 0.717) is 30.6 Å². The second-order valence-electron chi connectivity index (χ2n) is 7.37. The maximum Gasteiger partial charge on any atom is 0.269 e. The first kappa shape index (κ1) is 20.3. The third-order valence-corrected chi connectivity index (χ3v) is 5.11. The number of aromatic nitrogens is 4. The molecule has 4 aromatic rings. The average Bonchev–Trinajstić information content (AvgIpc) is 3.42. The van der Waals surface area contributed by atoms with Crippen molar-refractivity contribution < 1.29 is 9.59 Å². The van der Waals surface area contributed by atoms with Crippen LogP contribution in [0.25, 0.3) is 10.9 Å². The van der Waals surface area contributed by atoms with Crippen molar-refractivity contribution >= 4 is 22.7 Å². The van der Waals surface area contributed by atoms with Gasteiger partial charge in [-0.2, -0.15) is 5.10 Å². The van der Waals surface area contributed by atoms with Gasteiger partial charge in [0.05, 0.1) is 6.20 Å². The summed E-state index contributed by atoms with van der Waals surface area (Å²) in [5.74, 6) is -0.566. The van der Waals surface area contributed by atoms with Gasteiger partial charge in [0.2, 0.25) is 0 Å². The molecular weight excluding hydrogens is 392 g/mol. The Morgan fingerprint density at radius 1 is 1.16 bits per heavy atom. The molecule has 0 saturated carbocycles. The van der Waals surface area contributed by atoms with Crippen LogP contribution in [0.3, 0.4) is 0 Å². The van der Waals surface area contributed by atoms with Crippen molar-refractivity contribution in [1.29, 1.82) is 0 Å². The van der Waals surface area contributed by atoms with Crippen molar-refractivity contribution in [2.24, 2.45) is 7.05 Å². The zero-order valence-electron chi connectivity index (χ0n) is 17.5. The second-order valence-corrected chi connectivity index (χ2v) is 7.37. The highest BCUT2D eigenvalue weighted by molar-refractivity contribution is 5.98. The normalized spacial score (nSPS) is 10.9. The lowest BCUT2D eigenvalue weighted by Gasteiger charge is -2.10. The molecule has 0 bridgehead atoms. The number of nitrogens with zero attached hydrogens (tertiary/aromatic N) is 3. The summed E-state index contributed by atoms with van der Waals surface area (Å²) in [5.41, 5.74) is 4.45. The lowest BCUT2D eigenvalue weighted by molar-refractivity contribution is 0.0954. The predicted octanol–water partition coefficient (Wildman–Crippen LogP) is 2.22. The third-order valence-electron chi connectivity index (χ3n) is 5.11. The molecule has 8 nitrogen and oxygen atoms in total. The fourth-order valence-electron chi connectivity index (χ4n) is 3.58. The molecule has 0 aliphatic rings. The van der Waals surface area contributed by atoms with Crippen LogP contribution in [0.1, 0.15) is 37.7 Å². The van der Waals surface area contributed by atoms with E-state index in [4.69, 9.17) is 0 Å². The van der Waals surface area contributed by atoms with Gasteiger partial charge in [0.25, 0.3) is 11.8 Å². The number of hydrogen-bond acceptors (Lipinski definition) is 4. The van der Waals surface area contributed by atoms with Gasteiger partial charge in [0, 0.05) is 61.6 Å². The summed E-state index contributed by atoms with van der Waals surface area (Å²) in [6.45, 7) is 0.472. The van der Waals surface area contributed by atoms with E-state index < -0.39 is 0 Å². The summed E-state index contributed by atoms with van der Waals surface area (Å²) >= 11 is 0. The van der Waals surface area contributed by atoms with Gasteiger partial charge in [-0.3, -0.25) is 14.3 Å². The van der Waals surface area contributed by atoms with Crippen molar-refractivity contribution in [2.45, 2.75) is 12.8 Å². The first-order valence-corrected chi connectivity index (χ1v) is 10.1. The minimum Gasteiger partial charge on any atom is -0.361 e. The van der Waals surface area contributed by atoms with Crippen LogP contribution in [0.2, 0.25) is 0 Å². The average molecular weight is 416 g/mol. The van der Waals surface area contributed by atoms with Gasteiger partial charge >= 0.3 is 0 Å². The standard InChI is InChI=1S/C23H24N6O2/c1-24-23(31)21-12-17(22(30)26-8-6-15-13-27-29(2)14-15)11-18(28-21)10-16-4-3-5-20-19(16)7-9-25-20/h3-5,7,9,11-14,25H,6,8,10H2,1-2H3,(H,24,31)(H,26,30). The fourth-order valence-corrected chi connectivity index (χ4v) is 3.58. The molecule has 3 N–H and O–H groups in total. The highest BCUT2D eigenvalue weighted by Crippen LogP contribution is 2.20. The third kappa shape index (κ3) is 4.63. The molecule has 158 valence electrons. The van der Waals surface area contributed by atoms with Gasteiger partial charge in [0.15, 0.2) is 0 Å². The molecule has 1 aromatic carbocycles. The Morgan fingerprint density at radius 3 is 2.81 bits per heavy atom. The van der Waals surface area contributed by atoms with E-state index in [1.54, 1.807) is 24.0 Å². The highest BCUT2D eigenvalue weighted by Gasteiger charge is 2.15. The van der Waals surface area contributed by atoms with Crippen molar-refractivity contribution in [1.82, 2.24) is 30.4 Å². The molecule has 0 saturated heterocycles. The number of pyridine rings is 1. The van der Waals surface area contributed by atoms with Gasteiger partial charge in [-0.25, -0.2) is 4.98 Å². The SMILES string of the molecule is CNC(=O)c1cc(C(=O)NCCc2cnn(C)c2)cc(Cc2cccc3[nH]ccc23)n1. The molecule has 3 heterocycles. The number of H-pyrrole nitrogens is 1. The van der Waals surface area contributed by atoms with Crippen LogP contribution in [0.4, 0.5) is 0 Å². The van der Waals surface area contributed by atoms with Gasteiger partial charge in [-0.15, -0.1) is 0 Å². The number of carbonyl (C=O) groups excluding carboxylic acids is 2. The van der Waals surface area contributed by atoms with Crippen LogP contribution >= 0.6 is 0 Å². The molecule has 4 rings (SSSR count). The number of amides is 2. The van der Waals surface area contributed by atoms with Crippen LogP contribution in [-0.2, 0) is 19.9 Å². The maximum absolute atomic E-state index is 12.8. The second kappa shape index (κ2) is 8.83. The summed E-state index contributed by atoms with van der Waals surface area (Å²) in [4.78, 5) is 32.7. The first-order chi connectivity index (χ1) is 15.0. The summed E-state index contributed by atoms with van der Waals surface area (Å²) in [6, 6.07) is 11.3. The Labute approximate surface area is 179 Å². The molecule has 3 aromatic heterocycles. The monoisotopic (exact) mass is 416 g/mol. The lowest BCUT2D eigenvalue weighted by Crippen LogP contribution is -2.27. The van der Waals surface area contributed by atoms with Gasteiger partial charge in [-0.05, 0) is 41.8 Å². The fraction of sp³-hybridized carbons (Fsp3) is 0.217. The first-order valence-electron chi connectivity index (χ1n) is 10.1. The number of rotatable bonds is 7. The number of aromatic amines is 1. The zero-order chi connectivity index (χ0) is 21.8. The Morgan fingerprint density at radius 2 is 2.03 bits per heavy atom. The van der Waals surface area contributed by atoms with Crippen LogP contribution in [0, 0.1) is 0 Å². The van der Waals surface area contributed by atoms with E-state index in [1.807, 2.05) is 43.7 Å². The smallest absolute Gasteiger partial charge is 0.269 e. The number of aryl methyl sites for hydroxylation is 1. The quantitative estimate of drug-likeness (QED) is 0.430. The molecule has 0 fully saturated rings. The minimum absolute atomic E-state index is 0.221. The summed E-state index contributed by atoms with van der Waals surface area (Å²) in [7, 11) is 3.40. The van der Waals surface area contributed by atoms with Crippen LogP contribution in [0.15, 0.2) is 55.0 Å². The molecule has 8 heteroatoms. The van der Waals surface area contributed by atoms with Crippen molar-refractivity contribution in [3.8, 4) is 0 Å². The molecule has 0 radical (unpaired) electrons. The largest absolute Gasteiger partial charge is 0.361 e. The van der Waals surface area contributed by atoms with Gasteiger partial charge < -0.3 is 15.6 Å². The number of benzene rings is 1. The predicted molar refractivity (Wildman–Crippen MR) is 118 cm³/mol. The molecule has 31 heavy (non-hydrogen) atoms. The van der Waals surface area contributed by atoms with Crippen molar-refractivity contribution in [3.05, 3.63) is 83.1 Å². The number of hydrogen-bond donors (Lipinski definition) is 3. The summed E-state index contributed by atoms with van der Waals surface area (Å²) in [5, 5.41) is 10.7. The van der Waals surface area contributed by atoms with E-state index >= 15 is 0 Å². The molecule has 0 aliphatic heterocycles. The Hall–Kier alpha value is -3.94. The summed E-state index contributed by atoms with van der Waals surface area (Å²) < 4.78 is 1.73. The molecule has 2 amide bonds. The van der Waals surface area contributed by atoms with Gasteiger partial charge in [-0.1, -0.05) is 12.1 Å². The number of fused-ring (bicyclic) bond motifs is 1. The van der Waals surface area contributed by atoms with Gasteiger partial charge in [0.1, 0.15) is 5.69 Å². The van der Waals surface area contributed by atoms with Crippen LogP contribution in [-0.4, -0.2) is 45.2 Å². The Bertz CT molecular complexity index is 1240. The molecular formula is C23H24N6O2. The molecule has 0 aliphatic carbocycles. The van der Waals surface area contributed by atoms with E-state index in [1.165, 1.54) is 6.07 Å². The Kier molecular flexibility index (Phi) is 5.79. The molecule has 0 unspecified atom stereocenters. The van der Waals surface area contributed by atoms with E-state index in [9.17, 15) is 9.59 Å². The number of nitrogens with one attached hydrogen (secondary N) is 3. The lowest BCUT2D eigenvalue weighted by atomic mass is 10.0. The van der Waals surface area contributed by atoms with Crippen molar-refractivity contribution in [3.63, 3.8) is 0 Å². The highest BCUT2D eigenvalue weighted by atomic mass is 16.2. The van der Waals surface area contributed by atoms with Crippen LogP contribution < -0.4 is 10.6 Å². The van der Waals surface area contributed by atoms with Crippen LogP contribution in [0.5, 0.6) is 0 Å². The van der Waals surface area contributed by atoms with Crippen molar-refractivity contribution in [2.75, 3.05) is 13.6 Å². The van der Waals surface area contributed by atoms with E-state index in [-0.39, 0.29) is 17.5 Å². The topological polar surface area (TPSA) is 105 Å². The summed E-state index contributed by atoms with van der Waals surface area (Å²) in [6.07, 6.45) is 6.78. The maximum atomic E-state index is 12.8. The Balaban J connectivity index is 1.56. The number of carbonyl (C=O) groups is 2. The molecule has 0 spiro atoms. The molecule has 0 atom stereocenters. The zero-order valence-corrected chi connectivity index (χ0v) is 17.5. The van der Waals surface area contributed by atoms with E-state index in [0.717, 1.165) is 22.0 Å². The van der Waals surface area contributed by atoms with E-state index in [2.05, 4.69) is 25.7 Å².